The van der Waals surface area contributed by atoms with E-state index in [0.717, 1.165) is 18.4 Å². The van der Waals surface area contributed by atoms with Gasteiger partial charge >= 0.3 is 5.97 Å². The summed E-state index contributed by atoms with van der Waals surface area (Å²) in [6, 6.07) is 0. The summed E-state index contributed by atoms with van der Waals surface area (Å²) < 4.78 is 0. The molecule has 23 heavy (non-hydrogen) atoms. The first-order valence-electron chi connectivity index (χ1n) is 9.99. The molecule has 0 saturated heterocycles. The van der Waals surface area contributed by atoms with Crippen molar-refractivity contribution in [2.45, 2.75) is 117 Å². The van der Waals surface area contributed by atoms with Crippen LogP contribution in [0.15, 0.2) is 11.1 Å². The number of hydrogen-bond acceptors (Lipinski definition) is 1. The minimum atomic E-state index is -0.770. The fraction of sp³-hybridized carbons (Fsp3) is 0.857. The molecular weight excluding hydrogens is 284 g/mol. The Balaban J connectivity index is 3.25. The average Bonchev–Trinajstić information content (AvgIpc) is 2.54. The van der Waals surface area contributed by atoms with Crippen molar-refractivity contribution in [1.29, 1.82) is 0 Å². The summed E-state index contributed by atoms with van der Waals surface area (Å²) in [6.07, 6.45) is 20.0. The molecule has 2 nitrogen and oxygen atoms in total. The van der Waals surface area contributed by atoms with Gasteiger partial charge in [0.05, 0.1) is 0 Å². The van der Waals surface area contributed by atoms with Crippen LogP contribution in [0.2, 0.25) is 0 Å². The van der Waals surface area contributed by atoms with Crippen LogP contribution >= 0.6 is 0 Å². The zero-order valence-corrected chi connectivity index (χ0v) is 16.0. The van der Waals surface area contributed by atoms with Gasteiger partial charge in [-0.2, -0.15) is 0 Å². The van der Waals surface area contributed by atoms with Gasteiger partial charge in [-0.25, -0.2) is 4.79 Å². The molecule has 0 bridgehead atoms. The smallest absolute Gasteiger partial charge is 0.331 e. The number of allylic oxidation sites excluding steroid dienone is 1. The van der Waals surface area contributed by atoms with Crippen molar-refractivity contribution < 1.29 is 9.90 Å². The Kier molecular flexibility index (Phi) is 15.5. The second-order valence-corrected chi connectivity index (χ2v) is 7.06. The highest BCUT2D eigenvalue weighted by molar-refractivity contribution is 5.86. The van der Waals surface area contributed by atoms with Gasteiger partial charge in [-0.3, -0.25) is 0 Å². The zero-order valence-electron chi connectivity index (χ0n) is 16.0. The molecule has 0 heterocycles. The van der Waals surface area contributed by atoms with Gasteiger partial charge in [0.2, 0.25) is 0 Å². The van der Waals surface area contributed by atoms with Crippen LogP contribution in [0, 0.1) is 0 Å². The first-order chi connectivity index (χ1) is 11.1. The molecule has 1 N–H and O–H groups in total. The molecule has 0 atom stereocenters. The van der Waals surface area contributed by atoms with Crippen LogP contribution < -0.4 is 0 Å². The van der Waals surface area contributed by atoms with Gasteiger partial charge in [0.1, 0.15) is 0 Å². The highest BCUT2D eigenvalue weighted by Gasteiger charge is 2.04. The topological polar surface area (TPSA) is 37.3 Å². The molecular formula is C21H40O2. The molecule has 0 radical (unpaired) electrons. The van der Waals surface area contributed by atoms with Gasteiger partial charge in [-0.1, -0.05) is 96.0 Å². The number of unbranched alkanes of at least 4 members (excludes halogenated alkanes) is 13. The Bertz CT molecular complexity index is 318. The maximum absolute atomic E-state index is 10.8. The van der Waals surface area contributed by atoms with Crippen LogP contribution in [0.5, 0.6) is 0 Å². The molecule has 0 amide bonds. The summed E-state index contributed by atoms with van der Waals surface area (Å²) in [5.41, 5.74) is 1.57. The van der Waals surface area contributed by atoms with Crippen LogP contribution in [0.3, 0.4) is 0 Å². The molecule has 0 aromatic heterocycles. The molecule has 0 aromatic carbocycles. The number of rotatable bonds is 16. The number of carboxylic acids is 1. The van der Waals surface area contributed by atoms with Crippen molar-refractivity contribution in [3.05, 3.63) is 11.1 Å². The second kappa shape index (κ2) is 16.1. The second-order valence-electron chi connectivity index (χ2n) is 7.06. The maximum Gasteiger partial charge on any atom is 0.331 e. The predicted molar refractivity (Wildman–Crippen MR) is 101 cm³/mol. The van der Waals surface area contributed by atoms with E-state index >= 15 is 0 Å². The first-order valence-corrected chi connectivity index (χ1v) is 9.99. The molecule has 0 unspecified atom stereocenters. The summed E-state index contributed by atoms with van der Waals surface area (Å²) in [5.74, 6) is -0.770. The Morgan fingerprint density at radius 3 is 1.35 bits per heavy atom. The van der Waals surface area contributed by atoms with Crippen molar-refractivity contribution in [1.82, 2.24) is 0 Å². The van der Waals surface area contributed by atoms with Crippen molar-refractivity contribution in [2.24, 2.45) is 0 Å². The lowest BCUT2D eigenvalue weighted by atomic mass is 10.0. The van der Waals surface area contributed by atoms with E-state index in [1.54, 1.807) is 6.92 Å². The average molecular weight is 325 g/mol. The summed E-state index contributed by atoms with van der Waals surface area (Å²) in [4.78, 5) is 10.8. The lowest BCUT2D eigenvalue weighted by molar-refractivity contribution is -0.132. The third-order valence-electron chi connectivity index (χ3n) is 4.87. The first kappa shape index (κ1) is 22.2. The number of carbonyl (C=O) groups is 1. The van der Waals surface area contributed by atoms with E-state index in [0.29, 0.717) is 5.57 Å². The van der Waals surface area contributed by atoms with E-state index in [1.807, 2.05) is 6.92 Å². The van der Waals surface area contributed by atoms with Gasteiger partial charge in [-0.15, -0.1) is 0 Å². The Morgan fingerprint density at radius 1 is 0.652 bits per heavy atom. The lowest BCUT2D eigenvalue weighted by Crippen LogP contribution is -1.99. The molecule has 0 aliphatic rings. The maximum atomic E-state index is 10.8. The van der Waals surface area contributed by atoms with E-state index < -0.39 is 5.97 Å². The van der Waals surface area contributed by atoms with Crippen LogP contribution in [0.1, 0.15) is 117 Å². The van der Waals surface area contributed by atoms with Crippen LogP contribution in [-0.4, -0.2) is 11.1 Å². The van der Waals surface area contributed by atoms with E-state index in [1.165, 1.54) is 83.5 Å². The van der Waals surface area contributed by atoms with Gasteiger partial charge in [0, 0.05) is 5.57 Å². The van der Waals surface area contributed by atoms with Crippen LogP contribution in [0.25, 0.3) is 0 Å². The van der Waals surface area contributed by atoms with Gasteiger partial charge in [0.15, 0.2) is 0 Å². The zero-order chi connectivity index (χ0) is 17.3. The van der Waals surface area contributed by atoms with Gasteiger partial charge in [-0.05, 0) is 26.7 Å². The molecule has 136 valence electrons. The summed E-state index contributed by atoms with van der Waals surface area (Å²) in [7, 11) is 0. The largest absolute Gasteiger partial charge is 0.478 e. The summed E-state index contributed by atoms with van der Waals surface area (Å²) in [6.45, 7) is 5.93. The highest BCUT2D eigenvalue weighted by atomic mass is 16.4. The van der Waals surface area contributed by atoms with Crippen molar-refractivity contribution >= 4 is 5.97 Å². The molecule has 0 spiro atoms. The molecule has 0 aromatic rings. The molecule has 0 fully saturated rings. The van der Waals surface area contributed by atoms with Crippen LogP contribution in [-0.2, 0) is 4.79 Å². The monoisotopic (exact) mass is 324 g/mol. The molecule has 0 aliphatic carbocycles. The highest BCUT2D eigenvalue weighted by Crippen LogP contribution is 2.16. The quantitative estimate of drug-likeness (QED) is 0.239. The third kappa shape index (κ3) is 14.5. The Morgan fingerprint density at radius 2 is 1.00 bits per heavy atom. The predicted octanol–water partition coefficient (Wildman–Crippen LogP) is 7.28. The summed E-state index contributed by atoms with van der Waals surface area (Å²) >= 11 is 0. The van der Waals surface area contributed by atoms with Crippen LogP contribution in [0.4, 0.5) is 0 Å². The Labute approximate surface area is 144 Å². The fourth-order valence-electron chi connectivity index (χ4n) is 2.95. The minimum absolute atomic E-state index is 0.527. The minimum Gasteiger partial charge on any atom is -0.478 e. The molecule has 2 heteroatoms. The lowest BCUT2D eigenvalue weighted by Gasteiger charge is -2.05. The van der Waals surface area contributed by atoms with Crippen molar-refractivity contribution in [3.8, 4) is 0 Å². The van der Waals surface area contributed by atoms with E-state index in [-0.39, 0.29) is 0 Å². The van der Waals surface area contributed by atoms with E-state index in [4.69, 9.17) is 5.11 Å². The van der Waals surface area contributed by atoms with Gasteiger partial charge in [0.25, 0.3) is 0 Å². The summed E-state index contributed by atoms with van der Waals surface area (Å²) in [5, 5.41) is 8.91. The third-order valence-corrected chi connectivity index (χ3v) is 4.87. The van der Waals surface area contributed by atoms with Crippen molar-refractivity contribution in [3.63, 3.8) is 0 Å². The Hall–Kier alpha value is -0.790. The molecule has 0 rings (SSSR count). The van der Waals surface area contributed by atoms with Gasteiger partial charge < -0.3 is 5.11 Å². The molecule has 0 saturated carbocycles. The SMILES string of the molecule is CCCCCCCCCCCCCCCC/C(C)=C(/C)C(=O)O. The number of aliphatic carboxylic acids is 1. The fourth-order valence-corrected chi connectivity index (χ4v) is 2.95. The van der Waals surface area contributed by atoms with E-state index in [2.05, 4.69) is 6.92 Å². The molecule has 0 aliphatic heterocycles. The van der Waals surface area contributed by atoms with Crippen molar-refractivity contribution in [2.75, 3.05) is 0 Å². The standard InChI is InChI=1S/C21H40O2/c1-4-5-6-7-8-9-10-11-12-13-14-15-16-17-18-19(2)20(3)21(22)23/h4-18H2,1-3H3,(H,22,23)/b20-19-. The number of hydrogen-bond donors (Lipinski definition) is 1. The normalized spacial score (nSPS) is 12.3. The number of carboxylic acid groups (broad SMARTS) is 1. The van der Waals surface area contributed by atoms with E-state index in [9.17, 15) is 4.79 Å².